The lowest BCUT2D eigenvalue weighted by atomic mass is 10.3. The molecule has 0 saturated heterocycles. The van der Waals surface area contributed by atoms with E-state index in [1.807, 2.05) is 12.1 Å². The first-order valence-electron chi connectivity index (χ1n) is 6.18. The van der Waals surface area contributed by atoms with E-state index in [9.17, 15) is 8.42 Å². The van der Waals surface area contributed by atoms with E-state index >= 15 is 0 Å². The van der Waals surface area contributed by atoms with E-state index in [0.29, 0.717) is 12.2 Å². The fourth-order valence-corrected chi connectivity index (χ4v) is 2.16. The lowest BCUT2D eigenvalue weighted by Crippen LogP contribution is -2.14. The average molecular weight is 292 g/mol. The molecule has 7 heteroatoms. The zero-order chi connectivity index (χ0) is 14.4. The van der Waals surface area contributed by atoms with Crippen LogP contribution in [-0.4, -0.2) is 24.1 Å². The Labute approximate surface area is 118 Å². The Morgan fingerprint density at radius 1 is 1.10 bits per heavy atom. The van der Waals surface area contributed by atoms with Gasteiger partial charge in [-0.2, -0.15) is 0 Å². The third-order valence-corrected chi connectivity index (χ3v) is 3.94. The summed E-state index contributed by atoms with van der Waals surface area (Å²) in [5.74, 6) is 0.0552. The summed E-state index contributed by atoms with van der Waals surface area (Å²) in [5, 5.41) is 3.19. The second-order valence-electron chi connectivity index (χ2n) is 4.13. The molecule has 0 fully saturated rings. The maximum Gasteiger partial charge on any atom is 0.232 e. The number of nitrogens with one attached hydrogen (secondary N) is 2. The van der Waals surface area contributed by atoms with Crippen molar-refractivity contribution in [3.05, 3.63) is 48.5 Å². The number of anilines is 2. The molecule has 20 heavy (non-hydrogen) atoms. The first kappa shape index (κ1) is 14.3. The lowest BCUT2D eigenvalue weighted by Gasteiger charge is -2.08. The number of nitrogens with zero attached hydrogens (tertiary/aromatic N) is 2. The molecule has 2 N–H and O–H groups in total. The molecule has 0 bridgehead atoms. The Hall–Kier alpha value is -2.15. The number of rotatable bonds is 6. The molecule has 106 valence electrons. The molecule has 0 amide bonds. The summed E-state index contributed by atoms with van der Waals surface area (Å²) >= 11 is 0. The van der Waals surface area contributed by atoms with Gasteiger partial charge < -0.3 is 5.32 Å². The summed E-state index contributed by atoms with van der Waals surface area (Å²) in [4.78, 5) is 8.14. The third kappa shape index (κ3) is 4.20. The highest BCUT2D eigenvalue weighted by Gasteiger charge is 2.06. The fraction of sp³-hybridized carbons (Fsp3) is 0.231. The van der Waals surface area contributed by atoms with E-state index in [-0.39, 0.29) is 5.75 Å². The van der Waals surface area contributed by atoms with Crippen molar-refractivity contribution < 1.29 is 8.42 Å². The molecule has 2 aromatic rings. The van der Waals surface area contributed by atoms with Crippen LogP contribution in [0.25, 0.3) is 0 Å². The molecule has 1 aromatic heterocycles. The van der Waals surface area contributed by atoms with Gasteiger partial charge in [-0.3, -0.25) is 14.7 Å². The SMILES string of the molecule is CCS(=O)(=O)Nc1ccc(NCc2cnccn2)cc1. The molecule has 0 aliphatic carbocycles. The van der Waals surface area contributed by atoms with Gasteiger partial charge in [-0.25, -0.2) is 8.42 Å². The van der Waals surface area contributed by atoms with Crippen LogP contribution in [0.1, 0.15) is 12.6 Å². The van der Waals surface area contributed by atoms with Gasteiger partial charge >= 0.3 is 0 Å². The van der Waals surface area contributed by atoms with Gasteiger partial charge in [0.15, 0.2) is 0 Å². The normalized spacial score (nSPS) is 11.1. The summed E-state index contributed by atoms with van der Waals surface area (Å²) in [6, 6.07) is 7.05. The molecular formula is C13H16N4O2S. The van der Waals surface area contributed by atoms with Gasteiger partial charge in [-0.1, -0.05) is 0 Å². The van der Waals surface area contributed by atoms with Crippen molar-refractivity contribution in [2.75, 3.05) is 15.8 Å². The van der Waals surface area contributed by atoms with E-state index in [2.05, 4.69) is 20.0 Å². The summed E-state index contributed by atoms with van der Waals surface area (Å²) < 4.78 is 25.3. The van der Waals surface area contributed by atoms with E-state index in [4.69, 9.17) is 0 Å². The second kappa shape index (κ2) is 6.33. The van der Waals surface area contributed by atoms with Crippen molar-refractivity contribution in [2.24, 2.45) is 0 Å². The van der Waals surface area contributed by atoms with Crippen molar-refractivity contribution >= 4 is 21.4 Å². The molecule has 0 unspecified atom stereocenters. The maximum absolute atomic E-state index is 11.4. The van der Waals surface area contributed by atoms with E-state index in [1.54, 1.807) is 37.6 Å². The van der Waals surface area contributed by atoms with Crippen LogP contribution >= 0.6 is 0 Å². The van der Waals surface area contributed by atoms with Crippen LogP contribution < -0.4 is 10.0 Å². The standard InChI is InChI=1S/C13H16N4O2S/c1-2-20(18,19)17-12-5-3-11(4-6-12)16-10-13-9-14-7-8-15-13/h3-9,16-17H,2,10H2,1H3. The van der Waals surface area contributed by atoms with Gasteiger partial charge in [0.1, 0.15) is 0 Å². The summed E-state index contributed by atoms with van der Waals surface area (Å²) in [7, 11) is -3.23. The Morgan fingerprint density at radius 2 is 1.80 bits per heavy atom. The third-order valence-electron chi connectivity index (χ3n) is 2.63. The molecule has 1 aromatic carbocycles. The molecular weight excluding hydrogens is 276 g/mol. The quantitative estimate of drug-likeness (QED) is 0.849. The van der Waals surface area contributed by atoms with Crippen molar-refractivity contribution in [1.29, 1.82) is 0 Å². The van der Waals surface area contributed by atoms with Crippen LogP contribution in [0.4, 0.5) is 11.4 Å². The van der Waals surface area contributed by atoms with Gasteiger partial charge in [0.25, 0.3) is 0 Å². The van der Waals surface area contributed by atoms with Gasteiger partial charge in [0.2, 0.25) is 10.0 Å². The summed E-state index contributed by atoms with van der Waals surface area (Å²) in [6.07, 6.45) is 4.95. The number of hydrogen-bond donors (Lipinski definition) is 2. The highest BCUT2D eigenvalue weighted by molar-refractivity contribution is 7.92. The molecule has 6 nitrogen and oxygen atoms in total. The van der Waals surface area contributed by atoms with Crippen molar-refractivity contribution in [3.8, 4) is 0 Å². The minimum Gasteiger partial charge on any atom is -0.379 e. The minimum absolute atomic E-state index is 0.0552. The molecule has 0 saturated carbocycles. The van der Waals surface area contributed by atoms with Crippen LogP contribution in [-0.2, 0) is 16.6 Å². The van der Waals surface area contributed by atoms with Crippen LogP contribution in [0.15, 0.2) is 42.9 Å². The van der Waals surface area contributed by atoms with Crippen LogP contribution in [0.5, 0.6) is 0 Å². The maximum atomic E-state index is 11.4. The molecule has 0 aliphatic heterocycles. The predicted molar refractivity (Wildman–Crippen MR) is 78.9 cm³/mol. The average Bonchev–Trinajstić information content (AvgIpc) is 2.47. The largest absolute Gasteiger partial charge is 0.379 e. The smallest absolute Gasteiger partial charge is 0.232 e. The van der Waals surface area contributed by atoms with Crippen molar-refractivity contribution in [2.45, 2.75) is 13.5 Å². The Bertz CT molecular complexity index is 642. The van der Waals surface area contributed by atoms with Crippen molar-refractivity contribution in [1.82, 2.24) is 9.97 Å². The zero-order valence-corrected chi connectivity index (χ0v) is 11.9. The number of hydrogen-bond acceptors (Lipinski definition) is 5. The first-order valence-corrected chi connectivity index (χ1v) is 7.83. The highest BCUT2D eigenvalue weighted by Crippen LogP contribution is 2.15. The van der Waals surface area contributed by atoms with E-state index in [0.717, 1.165) is 11.4 Å². The van der Waals surface area contributed by atoms with Crippen LogP contribution in [0.2, 0.25) is 0 Å². The first-order chi connectivity index (χ1) is 9.59. The predicted octanol–water partition coefficient (Wildman–Crippen LogP) is 1.85. The van der Waals surface area contributed by atoms with Gasteiger partial charge in [-0.15, -0.1) is 0 Å². The zero-order valence-electron chi connectivity index (χ0n) is 11.1. The Kier molecular flexibility index (Phi) is 4.52. The Balaban J connectivity index is 1.95. The molecule has 0 spiro atoms. The van der Waals surface area contributed by atoms with E-state index in [1.165, 1.54) is 0 Å². The van der Waals surface area contributed by atoms with Gasteiger partial charge in [0, 0.05) is 23.8 Å². The Morgan fingerprint density at radius 3 is 2.40 bits per heavy atom. The van der Waals surface area contributed by atoms with Crippen molar-refractivity contribution in [3.63, 3.8) is 0 Å². The number of benzene rings is 1. The monoisotopic (exact) mass is 292 g/mol. The van der Waals surface area contributed by atoms with Crippen LogP contribution in [0, 0.1) is 0 Å². The second-order valence-corrected chi connectivity index (χ2v) is 6.14. The van der Waals surface area contributed by atoms with E-state index < -0.39 is 10.0 Å². The molecule has 2 rings (SSSR count). The molecule has 0 aliphatic rings. The topological polar surface area (TPSA) is 84.0 Å². The number of aromatic nitrogens is 2. The molecule has 0 radical (unpaired) electrons. The van der Waals surface area contributed by atoms with Crippen LogP contribution in [0.3, 0.4) is 0 Å². The summed E-state index contributed by atoms with van der Waals surface area (Å²) in [5.41, 5.74) is 2.27. The van der Waals surface area contributed by atoms with Gasteiger partial charge in [0.05, 0.1) is 24.2 Å². The summed E-state index contributed by atoms with van der Waals surface area (Å²) in [6.45, 7) is 2.16. The molecule has 1 heterocycles. The molecule has 0 atom stereocenters. The lowest BCUT2D eigenvalue weighted by molar-refractivity contribution is 0.602. The minimum atomic E-state index is -3.23. The number of sulfonamides is 1. The highest BCUT2D eigenvalue weighted by atomic mass is 32.2. The van der Waals surface area contributed by atoms with Gasteiger partial charge in [-0.05, 0) is 31.2 Å². The fourth-order valence-electron chi connectivity index (χ4n) is 1.52.